The molecule has 0 amide bonds. The highest BCUT2D eigenvalue weighted by molar-refractivity contribution is 5.69. The molecule has 1 aliphatic heterocycles. The fraction of sp³-hybridized carbons (Fsp3) is 0.533. The van der Waals surface area contributed by atoms with E-state index in [1.807, 2.05) is 12.1 Å². The van der Waals surface area contributed by atoms with Gasteiger partial charge in [0.2, 0.25) is 0 Å². The number of piperazine rings is 1. The van der Waals surface area contributed by atoms with E-state index in [-0.39, 0.29) is 5.97 Å². The van der Waals surface area contributed by atoms with Gasteiger partial charge in [0, 0.05) is 5.69 Å². The monoisotopic (exact) mass is 279 g/mol. The Morgan fingerprint density at radius 2 is 1.85 bits per heavy atom. The predicted molar refractivity (Wildman–Crippen MR) is 77.4 cm³/mol. The number of nitrogens with zero attached hydrogens (tertiary/aromatic N) is 1. The molecule has 0 radical (unpaired) electrons. The summed E-state index contributed by atoms with van der Waals surface area (Å²) >= 11 is 0. The molecular formula is C15H23N2O3+. The summed E-state index contributed by atoms with van der Waals surface area (Å²) in [6, 6.07) is 8.17. The molecule has 0 saturated carbocycles. The lowest BCUT2D eigenvalue weighted by atomic mass is 10.2. The number of esters is 1. The lowest BCUT2D eigenvalue weighted by molar-refractivity contribution is -0.900. The van der Waals surface area contributed by atoms with E-state index in [2.05, 4.69) is 21.8 Å². The van der Waals surface area contributed by atoms with Gasteiger partial charge in [-0.3, -0.25) is 4.79 Å². The number of hydrogen-bond donors (Lipinski definition) is 1. The van der Waals surface area contributed by atoms with Crippen LogP contribution in [0.15, 0.2) is 24.3 Å². The van der Waals surface area contributed by atoms with Crippen molar-refractivity contribution in [2.24, 2.45) is 0 Å². The van der Waals surface area contributed by atoms with Gasteiger partial charge in [0.1, 0.15) is 5.75 Å². The third-order valence-corrected chi connectivity index (χ3v) is 3.82. The van der Waals surface area contributed by atoms with Gasteiger partial charge in [-0.05, 0) is 24.3 Å². The van der Waals surface area contributed by atoms with Crippen molar-refractivity contribution in [3.63, 3.8) is 0 Å². The minimum absolute atomic E-state index is 0.116. The van der Waals surface area contributed by atoms with Crippen molar-refractivity contribution in [1.29, 1.82) is 0 Å². The number of methoxy groups -OCH3 is 2. The third kappa shape index (κ3) is 3.87. The zero-order valence-electron chi connectivity index (χ0n) is 12.2. The number of quaternary nitrogens is 1. The van der Waals surface area contributed by atoms with Crippen molar-refractivity contribution >= 4 is 11.7 Å². The first kappa shape index (κ1) is 14.7. The number of carbonyl (C=O) groups is 1. The van der Waals surface area contributed by atoms with Gasteiger partial charge in [0.05, 0.1) is 53.4 Å². The molecule has 5 heteroatoms. The van der Waals surface area contributed by atoms with E-state index in [1.165, 1.54) is 17.7 Å². The maximum absolute atomic E-state index is 11.1. The summed E-state index contributed by atoms with van der Waals surface area (Å²) in [6.07, 6.45) is 0.508. The summed E-state index contributed by atoms with van der Waals surface area (Å²) in [5, 5.41) is 0. The standard InChI is InChI=1S/C15H22N2O3/c1-19-14-5-3-13(4-6-14)17-11-9-16(10-12-17)8-7-15(18)20-2/h3-6H,7-12H2,1-2H3/p+1. The Hall–Kier alpha value is -1.75. The number of hydrogen-bond acceptors (Lipinski definition) is 4. The van der Waals surface area contributed by atoms with Crippen molar-refractivity contribution in [2.75, 3.05) is 51.8 Å². The molecule has 110 valence electrons. The highest BCUT2D eigenvalue weighted by atomic mass is 16.5. The van der Waals surface area contributed by atoms with Crippen molar-refractivity contribution in [3.8, 4) is 5.75 Å². The zero-order valence-corrected chi connectivity index (χ0v) is 12.2. The smallest absolute Gasteiger partial charge is 0.311 e. The van der Waals surface area contributed by atoms with E-state index in [0.717, 1.165) is 38.5 Å². The van der Waals surface area contributed by atoms with Gasteiger partial charge in [0.15, 0.2) is 0 Å². The second kappa shape index (κ2) is 7.14. The van der Waals surface area contributed by atoms with Crippen LogP contribution in [-0.2, 0) is 9.53 Å². The molecule has 0 bridgehead atoms. The molecule has 2 rings (SSSR count). The summed E-state index contributed by atoms with van der Waals surface area (Å²) < 4.78 is 9.85. The number of nitrogens with one attached hydrogen (secondary N) is 1. The number of carbonyl (C=O) groups excluding carboxylic acids is 1. The van der Waals surface area contributed by atoms with Crippen LogP contribution in [0, 0.1) is 0 Å². The summed E-state index contributed by atoms with van der Waals surface area (Å²) in [5.41, 5.74) is 1.23. The highest BCUT2D eigenvalue weighted by Crippen LogP contribution is 2.18. The summed E-state index contributed by atoms with van der Waals surface area (Å²) in [7, 11) is 3.12. The summed E-state index contributed by atoms with van der Waals surface area (Å²) in [5.74, 6) is 0.770. The molecule has 1 aliphatic rings. The average Bonchev–Trinajstić information content (AvgIpc) is 2.53. The van der Waals surface area contributed by atoms with Crippen molar-refractivity contribution in [1.82, 2.24) is 0 Å². The zero-order chi connectivity index (χ0) is 14.4. The van der Waals surface area contributed by atoms with E-state index in [4.69, 9.17) is 4.74 Å². The first-order chi connectivity index (χ1) is 9.72. The Labute approximate surface area is 120 Å². The van der Waals surface area contributed by atoms with Crippen LogP contribution < -0.4 is 14.5 Å². The quantitative estimate of drug-likeness (QED) is 0.768. The lowest BCUT2D eigenvalue weighted by Crippen LogP contribution is -3.15. The van der Waals surface area contributed by atoms with Crippen LogP contribution in [0.4, 0.5) is 5.69 Å². The Morgan fingerprint density at radius 3 is 2.40 bits per heavy atom. The van der Waals surface area contributed by atoms with Crippen LogP contribution in [0.2, 0.25) is 0 Å². The fourth-order valence-corrected chi connectivity index (χ4v) is 2.51. The van der Waals surface area contributed by atoms with Crippen LogP contribution in [0.5, 0.6) is 5.75 Å². The predicted octanol–water partition coefficient (Wildman–Crippen LogP) is -0.0368. The molecule has 0 aromatic heterocycles. The first-order valence-corrected chi connectivity index (χ1v) is 7.02. The van der Waals surface area contributed by atoms with Crippen molar-refractivity contribution < 1.29 is 19.2 Å². The summed E-state index contributed by atoms with van der Waals surface area (Å²) in [6.45, 7) is 5.01. The van der Waals surface area contributed by atoms with Crippen LogP contribution in [0.3, 0.4) is 0 Å². The van der Waals surface area contributed by atoms with Crippen LogP contribution in [0.1, 0.15) is 6.42 Å². The van der Waals surface area contributed by atoms with Gasteiger partial charge in [-0.15, -0.1) is 0 Å². The molecular weight excluding hydrogens is 256 g/mol. The van der Waals surface area contributed by atoms with Crippen molar-refractivity contribution in [2.45, 2.75) is 6.42 Å². The molecule has 1 saturated heterocycles. The minimum atomic E-state index is -0.116. The van der Waals surface area contributed by atoms with Gasteiger partial charge in [0.25, 0.3) is 0 Å². The molecule has 1 heterocycles. The topological polar surface area (TPSA) is 43.2 Å². The normalized spacial score (nSPS) is 16.0. The number of anilines is 1. The average molecular weight is 279 g/mol. The molecule has 20 heavy (non-hydrogen) atoms. The van der Waals surface area contributed by atoms with Crippen LogP contribution in [0.25, 0.3) is 0 Å². The Morgan fingerprint density at radius 1 is 1.20 bits per heavy atom. The number of benzene rings is 1. The van der Waals surface area contributed by atoms with Gasteiger partial charge in [-0.2, -0.15) is 0 Å². The maximum atomic E-state index is 11.1. The highest BCUT2D eigenvalue weighted by Gasteiger charge is 2.20. The fourth-order valence-electron chi connectivity index (χ4n) is 2.51. The van der Waals surface area contributed by atoms with E-state index in [0.29, 0.717) is 6.42 Å². The van der Waals surface area contributed by atoms with E-state index < -0.39 is 0 Å². The van der Waals surface area contributed by atoms with Gasteiger partial charge in [-0.25, -0.2) is 0 Å². The van der Waals surface area contributed by atoms with E-state index >= 15 is 0 Å². The number of rotatable bonds is 5. The lowest BCUT2D eigenvalue weighted by Gasteiger charge is -2.33. The maximum Gasteiger partial charge on any atom is 0.311 e. The van der Waals surface area contributed by atoms with Crippen LogP contribution >= 0.6 is 0 Å². The molecule has 5 nitrogen and oxygen atoms in total. The summed E-state index contributed by atoms with van der Waals surface area (Å²) in [4.78, 5) is 15.0. The van der Waals surface area contributed by atoms with Gasteiger partial charge >= 0.3 is 5.97 Å². The van der Waals surface area contributed by atoms with Crippen LogP contribution in [-0.4, -0.2) is 52.9 Å². The minimum Gasteiger partial charge on any atom is -0.497 e. The SMILES string of the molecule is COC(=O)CC[NH+]1CCN(c2ccc(OC)cc2)CC1. The molecule has 0 atom stereocenters. The Kier molecular flexibility index (Phi) is 5.24. The van der Waals surface area contributed by atoms with Gasteiger partial charge < -0.3 is 19.3 Å². The Bertz CT molecular complexity index is 425. The molecule has 1 aromatic rings. The molecule has 1 N–H and O–H groups in total. The molecule has 1 aromatic carbocycles. The third-order valence-electron chi connectivity index (χ3n) is 3.82. The van der Waals surface area contributed by atoms with Crippen molar-refractivity contribution in [3.05, 3.63) is 24.3 Å². The molecule has 1 fully saturated rings. The van der Waals surface area contributed by atoms with Gasteiger partial charge in [-0.1, -0.05) is 0 Å². The second-order valence-corrected chi connectivity index (χ2v) is 5.01. The second-order valence-electron chi connectivity index (χ2n) is 5.01. The molecule has 0 aliphatic carbocycles. The van der Waals surface area contributed by atoms with E-state index in [9.17, 15) is 4.79 Å². The largest absolute Gasteiger partial charge is 0.497 e. The Balaban J connectivity index is 1.79. The van der Waals surface area contributed by atoms with E-state index in [1.54, 1.807) is 7.11 Å². The molecule has 0 unspecified atom stereocenters. The molecule has 0 spiro atoms. The first-order valence-electron chi connectivity index (χ1n) is 7.02. The number of ether oxygens (including phenoxy) is 2.